The van der Waals surface area contributed by atoms with Crippen LogP contribution in [-0.4, -0.2) is 38.1 Å². The summed E-state index contributed by atoms with van der Waals surface area (Å²) in [6, 6.07) is 10.0. The molecule has 0 radical (unpaired) electrons. The van der Waals surface area contributed by atoms with Crippen LogP contribution in [0.3, 0.4) is 0 Å². The lowest BCUT2D eigenvalue weighted by molar-refractivity contribution is -0.139. The molecule has 0 aliphatic rings. The van der Waals surface area contributed by atoms with Gasteiger partial charge in [-0.25, -0.2) is 4.39 Å². The number of halogens is 1. The summed E-state index contributed by atoms with van der Waals surface area (Å²) in [5.74, 6) is -1.74. The van der Waals surface area contributed by atoms with Crippen LogP contribution < -0.4 is 0 Å². The normalized spacial score (nSPS) is 17.7. The molecule has 0 aliphatic carbocycles. The van der Waals surface area contributed by atoms with Crippen LogP contribution in [-0.2, 0) is 4.79 Å². The maximum absolute atomic E-state index is 13.7. The van der Waals surface area contributed by atoms with Gasteiger partial charge >= 0.3 is 5.97 Å². The second kappa shape index (κ2) is 9.24. The van der Waals surface area contributed by atoms with E-state index in [2.05, 4.69) is 0 Å². The van der Waals surface area contributed by atoms with Crippen LogP contribution in [0.1, 0.15) is 46.5 Å². The minimum absolute atomic E-state index is 0.145. The fourth-order valence-corrected chi connectivity index (χ4v) is 3.49. The van der Waals surface area contributed by atoms with E-state index in [0.717, 1.165) is 0 Å². The van der Waals surface area contributed by atoms with E-state index >= 15 is 0 Å². The number of nitrogens with zero attached hydrogens (tertiary/aromatic N) is 1. The molecule has 0 spiro atoms. The van der Waals surface area contributed by atoms with Crippen molar-refractivity contribution in [2.24, 2.45) is 0 Å². The minimum atomic E-state index is -2.94. The highest BCUT2D eigenvalue weighted by Gasteiger charge is 2.19. The van der Waals surface area contributed by atoms with E-state index in [9.17, 15) is 19.4 Å². The Hall–Kier alpha value is -2.96. The highest BCUT2D eigenvalue weighted by atomic mass is 19.1. The SMILES string of the molecule is [2H][13C]([2H])([2H])C(n1c(/C=C/[C@H](O)C[C@H](O)CC(=O)O)c(-c2ccc(F)cc2)c2ccccc21)[13C]([2H])([2H])[2H]. The van der Waals surface area contributed by atoms with Gasteiger partial charge in [0.1, 0.15) is 5.82 Å². The van der Waals surface area contributed by atoms with Crippen LogP contribution in [0.5, 0.6) is 0 Å². The van der Waals surface area contributed by atoms with E-state index in [1.807, 2.05) is 0 Å². The van der Waals surface area contributed by atoms with E-state index < -0.39 is 50.2 Å². The van der Waals surface area contributed by atoms with E-state index in [1.54, 1.807) is 24.3 Å². The molecule has 3 N–H and O–H groups in total. The van der Waals surface area contributed by atoms with Crippen molar-refractivity contribution < 1.29 is 32.7 Å². The monoisotopic (exact) mass is 419 g/mol. The van der Waals surface area contributed by atoms with Gasteiger partial charge in [0.05, 0.1) is 18.6 Å². The maximum atomic E-state index is 13.7. The molecule has 1 aromatic heterocycles. The van der Waals surface area contributed by atoms with Gasteiger partial charge in [0.15, 0.2) is 0 Å². The Labute approximate surface area is 183 Å². The lowest BCUT2D eigenvalue weighted by atomic mass is 10.0. The minimum Gasteiger partial charge on any atom is -0.481 e. The van der Waals surface area contributed by atoms with Crippen molar-refractivity contribution in [1.29, 1.82) is 0 Å². The third-order valence-corrected chi connectivity index (χ3v) is 4.74. The maximum Gasteiger partial charge on any atom is 0.305 e. The van der Waals surface area contributed by atoms with Gasteiger partial charge in [-0.05, 0) is 43.5 Å². The van der Waals surface area contributed by atoms with E-state index in [4.69, 9.17) is 13.3 Å². The van der Waals surface area contributed by atoms with Crippen LogP contribution in [0.4, 0.5) is 4.39 Å². The number of carboxylic acid groups (broad SMARTS) is 1. The Morgan fingerprint density at radius 2 is 1.87 bits per heavy atom. The molecule has 0 fully saturated rings. The number of aliphatic carboxylic acids is 1. The van der Waals surface area contributed by atoms with Crippen LogP contribution in [0.2, 0.25) is 0 Å². The van der Waals surface area contributed by atoms with Gasteiger partial charge in [-0.3, -0.25) is 4.79 Å². The first-order chi connectivity index (χ1) is 16.7. The van der Waals surface area contributed by atoms with Crippen molar-refractivity contribution in [3.8, 4) is 11.1 Å². The first-order valence-corrected chi connectivity index (χ1v) is 9.35. The van der Waals surface area contributed by atoms with E-state index in [1.165, 1.54) is 41.0 Å². The molecular weight excluding hydrogens is 387 g/mol. The Bertz CT molecular complexity index is 1240. The van der Waals surface area contributed by atoms with Crippen LogP contribution >= 0.6 is 0 Å². The van der Waals surface area contributed by atoms with E-state index in [-0.39, 0.29) is 12.1 Å². The summed E-state index contributed by atoms with van der Waals surface area (Å²) in [5, 5.41) is 29.6. The number of carbonyl (C=O) groups is 1. The number of para-hydroxylation sites is 1. The average Bonchev–Trinajstić information content (AvgIpc) is 3.04. The number of aromatic nitrogens is 1. The quantitative estimate of drug-likeness (QED) is 0.465. The Morgan fingerprint density at radius 1 is 1.17 bits per heavy atom. The van der Waals surface area contributed by atoms with E-state index in [0.29, 0.717) is 22.0 Å². The average molecular weight is 419 g/mol. The fourth-order valence-electron chi connectivity index (χ4n) is 3.49. The summed E-state index contributed by atoms with van der Waals surface area (Å²) >= 11 is 0. The Balaban J connectivity index is 2.28. The lowest BCUT2D eigenvalue weighted by Gasteiger charge is -2.15. The van der Waals surface area contributed by atoms with Gasteiger partial charge in [0.25, 0.3) is 0 Å². The van der Waals surface area contributed by atoms with Gasteiger partial charge in [-0.1, -0.05) is 36.4 Å². The molecule has 3 aromatic rings. The topological polar surface area (TPSA) is 82.7 Å². The molecular formula is C24H26FNO4. The zero-order valence-electron chi connectivity index (χ0n) is 22.0. The summed E-state index contributed by atoms with van der Waals surface area (Å²) in [6.45, 7) is -5.88. The molecule has 0 saturated carbocycles. The fraction of sp³-hybridized carbons (Fsp3) is 0.292. The van der Waals surface area contributed by atoms with Gasteiger partial charge in [-0.15, -0.1) is 0 Å². The van der Waals surface area contributed by atoms with Crippen molar-refractivity contribution in [1.82, 2.24) is 4.57 Å². The second-order valence-corrected chi connectivity index (χ2v) is 6.97. The molecule has 1 heterocycles. The third-order valence-electron chi connectivity index (χ3n) is 4.74. The molecule has 6 heteroatoms. The highest BCUT2D eigenvalue weighted by Crippen LogP contribution is 2.38. The predicted molar refractivity (Wildman–Crippen MR) is 116 cm³/mol. The molecule has 0 amide bonds. The summed E-state index contributed by atoms with van der Waals surface area (Å²) in [4.78, 5) is 10.8. The summed E-state index contributed by atoms with van der Waals surface area (Å²) in [5.41, 5.74) is 1.38. The van der Waals surface area contributed by atoms with Crippen LogP contribution in [0.15, 0.2) is 54.6 Å². The molecule has 158 valence electrons. The largest absolute Gasteiger partial charge is 0.481 e. The predicted octanol–water partition coefficient (Wildman–Crippen LogP) is 4.63. The summed E-state index contributed by atoms with van der Waals surface area (Å²) < 4.78 is 62.9. The molecule has 2 atom stereocenters. The Kier molecular flexibility index (Phi) is 4.60. The number of aliphatic hydroxyl groups excluding tert-OH is 2. The van der Waals surface area contributed by atoms with Gasteiger partial charge in [0.2, 0.25) is 0 Å². The van der Waals surface area contributed by atoms with Gasteiger partial charge in [-0.2, -0.15) is 0 Å². The first kappa shape index (κ1) is 14.9. The van der Waals surface area contributed by atoms with Crippen molar-refractivity contribution >= 4 is 22.9 Å². The molecule has 5 nitrogen and oxygen atoms in total. The molecule has 2 aromatic carbocycles. The van der Waals surface area contributed by atoms with Crippen molar-refractivity contribution in [3.63, 3.8) is 0 Å². The number of rotatable bonds is 8. The van der Waals surface area contributed by atoms with Gasteiger partial charge in [0, 0.05) is 42.8 Å². The molecule has 3 rings (SSSR count). The molecule has 30 heavy (non-hydrogen) atoms. The zero-order valence-corrected chi connectivity index (χ0v) is 16.0. The smallest absolute Gasteiger partial charge is 0.305 e. The Morgan fingerprint density at radius 3 is 2.53 bits per heavy atom. The van der Waals surface area contributed by atoms with Crippen molar-refractivity contribution in [2.75, 3.05) is 0 Å². The van der Waals surface area contributed by atoms with Crippen LogP contribution in [0, 0.1) is 5.82 Å². The molecule has 0 aliphatic heterocycles. The molecule has 0 bridgehead atoms. The van der Waals surface area contributed by atoms with Crippen LogP contribution in [0.25, 0.3) is 28.1 Å². The first-order valence-electron chi connectivity index (χ1n) is 12.3. The number of hydrogen-bond acceptors (Lipinski definition) is 3. The second-order valence-electron chi connectivity index (χ2n) is 6.97. The molecule has 0 saturated heterocycles. The zero-order chi connectivity index (χ0) is 26.8. The lowest BCUT2D eigenvalue weighted by Crippen LogP contribution is -2.19. The summed E-state index contributed by atoms with van der Waals surface area (Å²) in [7, 11) is 0. The number of fused-ring (bicyclic) bond motifs is 1. The van der Waals surface area contributed by atoms with Crippen molar-refractivity contribution in [3.05, 3.63) is 66.1 Å². The number of aliphatic hydroxyl groups is 2. The number of benzene rings is 2. The third kappa shape index (κ3) is 4.78. The number of carboxylic acids is 1. The van der Waals surface area contributed by atoms with Gasteiger partial charge < -0.3 is 19.9 Å². The van der Waals surface area contributed by atoms with Crippen molar-refractivity contribution in [2.45, 2.75) is 44.8 Å². The highest BCUT2D eigenvalue weighted by molar-refractivity contribution is 6.01. The summed E-state index contributed by atoms with van der Waals surface area (Å²) in [6.07, 6.45) is -0.948. The molecule has 0 unspecified atom stereocenters. The standard InChI is InChI=1S/C24H26FNO4/c1-15(2)26-21-6-4-3-5-20(21)24(16-7-9-17(25)10-8-16)22(26)12-11-18(27)13-19(28)14-23(29)30/h3-12,15,18-19,27-28H,13-14H2,1-2H3,(H,29,30)/b12-11+/t18-,19-/m0/s1/i1+1D3,2+1D3. The number of hydrogen-bond donors (Lipinski definition) is 3.